The van der Waals surface area contributed by atoms with E-state index in [0.717, 1.165) is 6.42 Å². The Morgan fingerprint density at radius 2 is 2.45 bits per heavy atom. The van der Waals surface area contributed by atoms with Crippen LogP contribution in [0.2, 0.25) is 0 Å². The summed E-state index contributed by atoms with van der Waals surface area (Å²) in [7, 11) is 0. The molecule has 0 radical (unpaired) electrons. The van der Waals surface area contributed by atoms with Crippen LogP contribution >= 0.6 is 11.6 Å². The molecule has 0 N–H and O–H groups in total. The molecule has 58 valence electrons. The molecule has 2 heteroatoms. The largest absolute Gasteiger partial charge is 0.357 e. The summed E-state index contributed by atoms with van der Waals surface area (Å²) in [6.45, 7) is 0. The molecule has 0 aromatic rings. The summed E-state index contributed by atoms with van der Waals surface area (Å²) in [6, 6.07) is 0. The Balaban J connectivity index is 2.05. The van der Waals surface area contributed by atoms with Crippen LogP contribution in [0.25, 0.3) is 0 Å². The molecule has 1 fully saturated rings. The predicted octanol–water partition coefficient (Wildman–Crippen LogP) is 2.39. The molecular formula is C9H9ClO. The number of rotatable bonds is 2. The lowest BCUT2D eigenvalue weighted by Gasteiger charge is -2.03. The molecule has 1 aliphatic carbocycles. The predicted molar refractivity (Wildman–Crippen MR) is 45.5 cm³/mol. The minimum Gasteiger partial charge on any atom is -0.357 e. The lowest BCUT2D eigenvalue weighted by Crippen LogP contribution is -2.10. The summed E-state index contributed by atoms with van der Waals surface area (Å²) >= 11 is 5.42. The number of hydrogen-bond donors (Lipinski definition) is 0. The van der Waals surface area contributed by atoms with Gasteiger partial charge in [-0.1, -0.05) is 35.9 Å². The topological polar surface area (TPSA) is 12.5 Å². The van der Waals surface area contributed by atoms with Gasteiger partial charge in [-0.2, -0.15) is 0 Å². The third-order valence-corrected chi connectivity index (χ3v) is 2.25. The Kier molecular flexibility index (Phi) is 1.63. The van der Waals surface area contributed by atoms with Crippen LogP contribution in [-0.4, -0.2) is 11.7 Å². The van der Waals surface area contributed by atoms with Gasteiger partial charge < -0.3 is 4.74 Å². The molecule has 0 aromatic carbocycles. The maximum atomic E-state index is 5.48. The first-order chi connectivity index (χ1) is 5.37. The SMILES string of the molecule is ClC=CCC12C=CC=CC1O2. The summed E-state index contributed by atoms with van der Waals surface area (Å²) in [5, 5.41) is 0. The fourth-order valence-corrected chi connectivity index (χ4v) is 1.47. The van der Waals surface area contributed by atoms with Crippen LogP contribution in [0.5, 0.6) is 0 Å². The van der Waals surface area contributed by atoms with E-state index < -0.39 is 0 Å². The maximum Gasteiger partial charge on any atom is 0.121 e. The second-order valence-corrected chi connectivity index (χ2v) is 3.06. The highest BCUT2D eigenvalue weighted by molar-refractivity contribution is 6.25. The van der Waals surface area contributed by atoms with Crippen molar-refractivity contribution in [3.05, 3.63) is 35.9 Å². The summed E-state index contributed by atoms with van der Waals surface area (Å²) < 4.78 is 5.48. The number of hydrogen-bond acceptors (Lipinski definition) is 1. The Hall–Kier alpha value is -0.530. The van der Waals surface area contributed by atoms with Crippen molar-refractivity contribution in [1.82, 2.24) is 0 Å². The van der Waals surface area contributed by atoms with Gasteiger partial charge in [-0.05, 0) is 6.08 Å². The molecule has 2 rings (SSSR count). The van der Waals surface area contributed by atoms with Gasteiger partial charge in [-0.15, -0.1) is 0 Å². The van der Waals surface area contributed by atoms with E-state index in [1.54, 1.807) is 5.54 Å². The molecule has 0 amide bonds. The zero-order valence-electron chi connectivity index (χ0n) is 6.03. The van der Waals surface area contributed by atoms with Gasteiger partial charge in [0, 0.05) is 12.0 Å². The molecule has 1 heterocycles. The van der Waals surface area contributed by atoms with Crippen LogP contribution in [0.15, 0.2) is 35.9 Å². The summed E-state index contributed by atoms with van der Waals surface area (Å²) in [4.78, 5) is 0. The number of ether oxygens (including phenoxy) is 1. The molecular weight excluding hydrogens is 160 g/mol. The summed E-state index contributed by atoms with van der Waals surface area (Å²) in [5.41, 5.74) is 1.50. The third-order valence-electron chi connectivity index (χ3n) is 2.07. The second-order valence-electron chi connectivity index (χ2n) is 2.80. The van der Waals surface area contributed by atoms with E-state index in [9.17, 15) is 0 Å². The summed E-state index contributed by atoms with van der Waals surface area (Å²) in [5.74, 6) is 0. The highest BCUT2D eigenvalue weighted by Gasteiger charge is 2.52. The number of fused-ring (bicyclic) bond motifs is 1. The van der Waals surface area contributed by atoms with Gasteiger partial charge >= 0.3 is 0 Å². The van der Waals surface area contributed by atoms with Gasteiger partial charge in [0.05, 0.1) is 0 Å². The van der Waals surface area contributed by atoms with Gasteiger partial charge in [-0.3, -0.25) is 0 Å². The first kappa shape index (κ1) is 7.14. The van der Waals surface area contributed by atoms with E-state index in [4.69, 9.17) is 16.3 Å². The zero-order valence-corrected chi connectivity index (χ0v) is 6.79. The van der Waals surface area contributed by atoms with Gasteiger partial charge in [-0.25, -0.2) is 0 Å². The van der Waals surface area contributed by atoms with Crippen molar-refractivity contribution in [2.75, 3.05) is 0 Å². The second kappa shape index (κ2) is 2.50. The first-order valence-electron chi connectivity index (χ1n) is 3.66. The van der Waals surface area contributed by atoms with Crippen molar-refractivity contribution in [2.24, 2.45) is 0 Å². The van der Waals surface area contributed by atoms with Crippen molar-refractivity contribution in [3.63, 3.8) is 0 Å². The minimum atomic E-state index is -0.0415. The smallest absolute Gasteiger partial charge is 0.121 e. The molecule has 0 aromatic heterocycles. The zero-order chi connectivity index (χ0) is 7.73. The number of epoxide rings is 1. The fraction of sp³-hybridized carbons (Fsp3) is 0.333. The average molecular weight is 169 g/mol. The Morgan fingerprint density at radius 3 is 3.18 bits per heavy atom. The van der Waals surface area contributed by atoms with Crippen molar-refractivity contribution < 1.29 is 4.74 Å². The third kappa shape index (κ3) is 1.15. The van der Waals surface area contributed by atoms with Gasteiger partial charge in [0.15, 0.2) is 0 Å². The van der Waals surface area contributed by atoms with E-state index in [-0.39, 0.29) is 5.60 Å². The van der Waals surface area contributed by atoms with Crippen molar-refractivity contribution in [1.29, 1.82) is 0 Å². The van der Waals surface area contributed by atoms with Crippen LogP contribution in [-0.2, 0) is 4.74 Å². The van der Waals surface area contributed by atoms with Crippen LogP contribution in [0, 0.1) is 0 Å². The molecule has 2 aliphatic rings. The van der Waals surface area contributed by atoms with Crippen LogP contribution in [0.4, 0.5) is 0 Å². The molecule has 0 saturated carbocycles. The Bertz CT molecular complexity index is 242. The highest BCUT2D eigenvalue weighted by Crippen LogP contribution is 2.44. The average Bonchev–Trinajstić information content (AvgIpc) is 2.75. The standard InChI is InChI=1S/C9H9ClO/c10-7-3-6-9-5-2-1-4-8(9)11-9/h1-5,7-8H,6H2. The first-order valence-corrected chi connectivity index (χ1v) is 4.10. The van der Waals surface area contributed by atoms with Crippen LogP contribution in [0.1, 0.15) is 6.42 Å². The monoisotopic (exact) mass is 168 g/mol. The fourth-order valence-electron chi connectivity index (χ4n) is 1.38. The Morgan fingerprint density at radius 1 is 1.55 bits per heavy atom. The minimum absolute atomic E-state index is 0.0415. The van der Waals surface area contributed by atoms with Crippen LogP contribution < -0.4 is 0 Å². The summed E-state index contributed by atoms with van der Waals surface area (Å²) in [6.07, 6.45) is 11.3. The lowest BCUT2D eigenvalue weighted by molar-refractivity contribution is 0.342. The number of allylic oxidation sites excluding steroid dienone is 2. The van der Waals surface area contributed by atoms with Crippen LogP contribution in [0.3, 0.4) is 0 Å². The molecule has 11 heavy (non-hydrogen) atoms. The van der Waals surface area contributed by atoms with Gasteiger partial charge in [0.25, 0.3) is 0 Å². The molecule has 0 spiro atoms. The van der Waals surface area contributed by atoms with Gasteiger partial charge in [0.2, 0.25) is 0 Å². The molecule has 0 bridgehead atoms. The molecule has 2 unspecified atom stereocenters. The van der Waals surface area contributed by atoms with E-state index in [1.807, 2.05) is 18.2 Å². The normalized spacial score (nSPS) is 39.5. The number of halogens is 1. The molecule has 1 aliphatic heterocycles. The van der Waals surface area contributed by atoms with Crippen molar-refractivity contribution in [2.45, 2.75) is 18.1 Å². The Labute approximate surface area is 71.0 Å². The molecule has 1 nitrogen and oxygen atoms in total. The van der Waals surface area contributed by atoms with E-state index in [1.165, 1.54) is 0 Å². The van der Waals surface area contributed by atoms with Crippen molar-refractivity contribution in [3.8, 4) is 0 Å². The van der Waals surface area contributed by atoms with Gasteiger partial charge in [0.1, 0.15) is 11.7 Å². The quantitative estimate of drug-likeness (QED) is 0.577. The van der Waals surface area contributed by atoms with Crippen molar-refractivity contribution >= 4 is 11.6 Å². The lowest BCUT2D eigenvalue weighted by atomic mass is 9.97. The molecule has 2 atom stereocenters. The van der Waals surface area contributed by atoms with E-state index >= 15 is 0 Å². The highest BCUT2D eigenvalue weighted by atomic mass is 35.5. The molecule has 1 saturated heterocycles. The maximum absolute atomic E-state index is 5.48. The van der Waals surface area contributed by atoms with E-state index in [0.29, 0.717) is 6.10 Å². The van der Waals surface area contributed by atoms with E-state index in [2.05, 4.69) is 12.2 Å².